The largest absolute Gasteiger partial charge is 0.459 e. The van der Waals surface area contributed by atoms with Crippen molar-refractivity contribution in [1.29, 1.82) is 0 Å². The molecule has 2 aliphatic rings. The van der Waals surface area contributed by atoms with Crippen molar-refractivity contribution in [2.75, 3.05) is 39.3 Å². The Labute approximate surface area is 195 Å². The van der Waals surface area contributed by atoms with E-state index in [0.29, 0.717) is 50.9 Å². The van der Waals surface area contributed by atoms with E-state index in [9.17, 15) is 9.59 Å². The van der Waals surface area contributed by atoms with E-state index in [4.69, 9.17) is 4.42 Å². The number of rotatable bonds is 6. The van der Waals surface area contributed by atoms with Gasteiger partial charge in [-0.05, 0) is 31.9 Å². The van der Waals surface area contributed by atoms with Gasteiger partial charge in [0.2, 0.25) is 5.91 Å². The SMILES string of the molecule is CCNC(=NCCC(=O)NC1CCCCC1)N1CCN(C(=O)c2ccco2)CC1.I. The van der Waals surface area contributed by atoms with Crippen LogP contribution in [0.15, 0.2) is 27.8 Å². The van der Waals surface area contributed by atoms with Crippen LogP contribution in [-0.2, 0) is 4.79 Å². The number of carbonyl (C=O) groups excluding carboxylic acids is 2. The van der Waals surface area contributed by atoms with Crippen molar-refractivity contribution in [3.05, 3.63) is 24.2 Å². The molecule has 168 valence electrons. The molecule has 2 fully saturated rings. The number of nitrogens with zero attached hydrogens (tertiary/aromatic N) is 3. The Hall–Kier alpha value is -1.78. The van der Waals surface area contributed by atoms with E-state index in [2.05, 4.69) is 20.5 Å². The summed E-state index contributed by atoms with van der Waals surface area (Å²) in [6.45, 7) is 5.89. The van der Waals surface area contributed by atoms with Crippen LogP contribution in [0, 0.1) is 0 Å². The fourth-order valence-electron chi connectivity index (χ4n) is 3.91. The van der Waals surface area contributed by atoms with E-state index in [1.807, 2.05) is 6.92 Å². The van der Waals surface area contributed by atoms with Crippen molar-refractivity contribution in [2.24, 2.45) is 4.99 Å². The summed E-state index contributed by atoms with van der Waals surface area (Å²) in [5.41, 5.74) is 0. The summed E-state index contributed by atoms with van der Waals surface area (Å²) in [5, 5.41) is 6.44. The van der Waals surface area contributed by atoms with Gasteiger partial charge in [-0.2, -0.15) is 0 Å². The third kappa shape index (κ3) is 7.17. The summed E-state index contributed by atoms with van der Waals surface area (Å²) in [4.78, 5) is 33.2. The highest BCUT2D eigenvalue weighted by Crippen LogP contribution is 2.17. The van der Waals surface area contributed by atoms with Crippen LogP contribution in [0.2, 0.25) is 0 Å². The normalized spacial score (nSPS) is 18.0. The zero-order valence-electron chi connectivity index (χ0n) is 17.8. The number of aliphatic imine (C=N–C) groups is 1. The van der Waals surface area contributed by atoms with Gasteiger partial charge in [0.1, 0.15) is 0 Å². The van der Waals surface area contributed by atoms with Gasteiger partial charge in [0.25, 0.3) is 5.91 Å². The first-order valence-corrected chi connectivity index (χ1v) is 10.8. The molecule has 1 aliphatic heterocycles. The summed E-state index contributed by atoms with van der Waals surface area (Å²) in [6.07, 6.45) is 7.82. The second-order valence-electron chi connectivity index (χ2n) is 7.64. The minimum absolute atomic E-state index is 0. The predicted molar refractivity (Wildman–Crippen MR) is 127 cm³/mol. The molecule has 0 bridgehead atoms. The fraction of sp³-hybridized carbons (Fsp3) is 0.667. The first-order valence-electron chi connectivity index (χ1n) is 10.8. The number of hydrogen-bond acceptors (Lipinski definition) is 4. The Morgan fingerprint density at radius 1 is 1.13 bits per heavy atom. The van der Waals surface area contributed by atoms with Gasteiger partial charge in [-0.1, -0.05) is 19.3 Å². The number of guanidine groups is 1. The van der Waals surface area contributed by atoms with E-state index in [1.54, 1.807) is 17.0 Å². The van der Waals surface area contributed by atoms with E-state index in [0.717, 1.165) is 25.3 Å². The highest BCUT2D eigenvalue weighted by atomic mass is 127. The summed E-state index contributed by atoms with van der Waals surface area (Å²) in [7, 11) is 0. The Balaban J connectivity index is 0.00000320. The third-order valence-corrected chi connectivity index (χ3v) is 5.50. The van der Waals surface area contributed by atoms with Crippen LogP contribution in [0.3, 0.4) is 0 Å². The molecule has 1 saturated carbocycles. The molecule has 2 amide bonds. The minimum atomic E-state index is -0.0732. The number of amides is 2. The summed E-state index contributed by atoms with van der Waals surface area (Å²) >= 11 is 0. The Bertz CT molecular complexity index is 681. The Morgan fingerprint density at radius 2 is 1.83 bits per heavy atom. The van der Waals surface area contributed by atoms with Gasteiger partial charge < -0.3 is 24.9 Å². The molecule has 3 rings (SSSR count). The molecule has 1 aliphatic carbocycles. The molecule has 1 saturated heterocycles. The molecule has 9 heteroatoms. The van der Waals surface area contributed by atoms with Gasteiger partial charge in [0.15, 0.2) is 11.7 Å². The van der Waals surface area contributed by atoms with E-state index in [-0.39, 0.29) is 35.8 Å². The van der Waals surface area contributed by atoms with E-state index >= 15 is 0 Å². The summed E-state index contributed by atoms with van der Waals surface area (Å²) in [5.74, 6) is 1.20. The first kappa shape index (κ1) is 24.5. The summed E-state index contributed by atoms with van der Waals surface area (Å²) in [6, 6.07) is 3.76. The highest BCUT2D eigenvalue weighted by molar-refractivity contribution is 14.0. The maximum Gasteiger partial charge on any atom is 0.289 e. The predicted octanol–water partition coefficient (Wildman–Crippen LogP) is 2.46. The molecule has 2 N–H and O–H groups in total. The third-order valence-electron chi connectivity index (χ3n) is 5.50. The van der Waals surface area contributed by atoms with Crippen molar-refractivity contribution in [2.45, 2.75) is 51.5 Å². The molecular formula is C21H34IN5O3. The lowest BCUT2D eigenvalue weighted by molar-refractivity contribution is -0.121. The molecule has 1 aromatic heterocycles. The average molecular weight is 531 g/mol. The quantitative estimate of drug-likeness (QED) is 0.335. The van der Waals surface area contributed by atoms with Crippen LogP contribution < -0.4 is 10.6 Å². The van der Waals surface area contributed by atoms with Crippen molar-refractivity contribution in [3.63, 3.8) is 0 Å². The van der Waals surface area contributed by atoms with Crippen LogP contribution in [0.1, 0.15) is 56.0 Å². The zero-order chi connectivity index (χ0) is 20.5. The van der Waals surface area contributed by atoms with E-state index < -0.39 is 0 Å². The molecular weight excluding hydrogens is 497 g/mol. The second-order valence-corrected chi connectivity index (χ2v) is 7.64. The van der Waals surface area contributed by atoms with Crippen LogP contribution in [0.25, 0.3) is 0 Å². The van der Waals surface area contributed by atoms with Gasteiger partial charge in [-0.3, -0.25) is 14.6 Å². The van der Waals surface area contributed by atoms with Crippen LogP contribution >= 0.6 is 24.0 Å². The molecule has 8 nitrogen and oxygen atoms in total. The van der Waals surface area contributed by atoms with Crippen molar-refractivity contribution >= 4 is 41.8 Å². The number of furan rings is 1. The lowest BCUT2D eigenvalue weighted by Crippen LogP contribution is -2.53. The average Bonchev–Trinajstić information content (AvgIpc) is 3.28. The molecule has 0 atom stereocenters. The maximum absolute atomic E-state index is 12.4. The Kier molecular flexibility index (Phi) is 10.5. The fourth-order valence-corrected chi connectivity index (χ4v) is 3.91. The number of halogens is 1. The number of piperazine rings is 1. The number of carbonyl (C=O) groups is 2. The first-order chi connectivity index (χ1) is 14.2. The maximum atomic E-state index is 12.4. The minimum Gasteiger partial charge on any atom is -0.459 e. The van der Waals surface area contributed by atoms with Crippen molar-refractivity contribution in [3.8, 4) is 0 Å². The van der Waals surface area contributed by atoms with Crippen molar-refractivity contribution in [1.82, 2.24) is 20.4 Å². The standard InChI is InChI=1S/C21H33N5O3.HI/c1-2-22-21(23-11-10-19(27)24-17-7-4-3-5-8-17)26-14-12-25(13-15-26)20(28)18-9-6-16-29-18;/h6,9,16-17H,2-5,7-8,10-15H2,1H3,(H,22,23)(H,24,27);1H. The Morgan fingerprint density at radius 3 is 2.47 bits per heavy atom. The van der Waals surface area contributed by atoms with Gasteiger partial charge in [-0.15, -0.1) is 24.0 Å². The number of hydrogen-bond donors (Lipinski definition) is 2. The molecule has 30 heavy (non-hydrogen) atoms. The number of nitrogens with one attached hydrogen (secondary N) is 2. The van der Waals surface area contributed by atoms with E-state index in [1.165, 1.54) is 25.5 Å². The molecule has 0 radical (unpaired) electrons. The van der Waals surface area contributed by atoms with Crippen LogP contribution in [0.5, 0.6) is 0 Å². The smallest absolute Gasteiger partial charge is 0.289 e. The van der Waals surface area contributed by atoms with Crippen LogP contribution in [-0.4, -0.2) is 72.9 Å². The molecule has 0 spiro atoms. The monoisotopic (exact) mass is 531 g/mol. The summed E-state index contributed by atoms with van der Waals surface area (Å²) < 4.78 is 5.21. The topological polar surface area (TPSA) is 90.2 Å². The molecule has 1 aromatic rings. The van der Waals surface area contributed by atoms with Gasteiger partial charge in [0.05, 0.1) is 12.8 Å². The van der Waals surface area contributed by atoms with Crippen LogP contribution in [0.4, 0.5) is 0 Å². The molecule has 0 aromatic carbocycles. The van der Waals surface area contributed by atoms with Gasteiger partial charge in [-0.25, -0.2) is 0 Å². The van der Waals surface area contributed by atoms with Gasteiger partial charge >= 0.3 is 0 Å². The lowest BCUT2D eigenvalue weighted by Gasteiger charge is -2.36. The highest BCUT2D eigenvalue weighted by Gasteiger charge is 2.25. The molecule has 2 heterocycles. The zero-order valence-corrected chi connectivity index (χ0v) is 20.1. The van der Waals surface area contributed by atoms with Crippen molar-refractivity contribution < 1.29 is 14.0 Å². The van der Waals surface area contributed by atoms with Gasteiger partial charge in [0, 0.05) is 45.2 Å². The lowest BCUT2D eigenvalue weighted by atomic mass is 9.95. The molecule has 0 unspecified atom stereocenters. The second kappa shape index (κ2) is 12.8.